The van der Waals surface area contributed by atoms with Crippen molar-refractivity contribution in [3.05, 3.63) is 11.4 Å². The molecule has 1 rings (SSSR count). The fourth-order valence-electron chi connectivity index (χ4n) is 1.81. The molecule has 1 heterocycles. The van der Waals surface area contributed by atoms with Crippen molar-refractivity contribution < 1.29 is 19.4 Å². The number of nitrogens with one attached hydrogen (secondary N) is 1. The van der Waals surface area contributed by atoms with Crippen LogP contribution in [0.15, 0.2) is 0 Å². The third kappa shape index (κ3) is 3.77. The van der Waals surface area contributed by atoms with Crippen LogP contribution in [0.1, 0.15) is 42.5 Å². The van der Waals surface area contributed by atoms with Gasteiger partial charge in [0.05, 0.1) is 5.69 Å². The minimum absolute atomic E-state index is 0.105. The summed E-state index contributed by atoms with van der Waals surface area (Å²) < 4.78 is 6.25. The van der Waals surface area contributed by atoms with Crippen LogP contribution in [0.5, 0.6) is 0 Å². The molecule has 0 saturated heterocycles. The van der Waals surface area contributed by atoms with E-state index in [4.69, 9.17) is 9.84 Å². The van der Waals surface area contributed by atoms with E-state index in [1.807, 2.05) is 0 Å². The molecule has 0 aliphatic heterocycles. The van der Waals surface area contributed by atoms with Crippen LogP contribution >= 0.6 is 0 Å². The fraction of sp³-hybridized carbons (Fsp3) is 0.667. The van der Waals surface area contributed by atoms with Gasteiger partial charge in [0.2, 0.25) is 5.91 Å². The van der Waals surface area contributed by atoms with E-state index in [0.717, 1.165) is 0 Å². The van der Waals surface area contributed by atoms with Crippen LogP contribution in [-0.4, -0.2) is 52.2 Å². The van der Waals surface area contributed by atoms with Crippen LogP contribution in [-0.2, 0) is 16.0 Å². The predicted octanol–water partition coefficient (Wildman–Crippen LogP) is 0.252. The lowest BCUT2D eigenvalue weighted by Gasteiger charge is -2.14. The van der Waals surface area contributed by atoms with Crippen molar-refractivity contribution in [3.63, 3.8) is 0 Å². The van der Waals surface area contributed by atoms with Gasteiger partial charge in [0.15, 0.2) is 5.69 Å². The Morgan fingerprint density at radius 3 is 2.75 bits per heavy atom. The molecular weight excluding hydrogens is 264 g/mol. The van der Waals surface area contributed by atoms with E-state index < -0.39 is 12.0 Å². The summed E-state index contributed by atoms with van der Waals surface area (Å²) in [4.78, 5) is 23.0. The first-order valence-corrected chi connectivity index (χ1v) is 6.46. The van der Waals surface area contributed by atoms with Gasteiger partial charge in [-0.2, -0.15) is 0 Å². The van der Waals surface area contributed by atoms with Crippen LogP contribution in [0.4, 0.5) is 0 Å². The number of carbonyl (C=O) groups is 2. The lowest BCUT2D eigenvalue weighted by atomic mass is 10.2. The number of rotatable bonds is 8. The van der Waals surface area contributed by atoms with Crippen molar-refractivity contribution in [3.8, 4) is 0 Å². The molecule has 0 bridgehead atoms. The van der Waals surface area contributed by atoms with Gasteiger partial charge in [-0.25, -0.2) is 9.48 Å². The Kier molecular flexibility index (Phi) is 6.10. The molecule has 2 N–H and O–H groups in total. The van der Waals surface area contributed by atoms with Crippen LogP contribution in [0.2, 0.25) is 0 Å². The summed E-state index contributed by atoms with van der Waals surface area (Å²) in [5.41, 5.74) is 0.337. The van der Waals surface area contributed by atoms with E-state index in [9.17, 15) is 9.59 Å². The van der Waals surface area contributed by atoms with Gasteiger partial charge in [-0.05, 0) is 19.8 Å². The van der Waals surface area contributed by atoms with E-state index in [0.29, 0.717) is 31.7 Å². The normalized spacial score (nSPS) is 12.2. The Morgan fingerprint density at radius 2 is 2.20 bits per heavy atom. The summed E-state index contributed by atoms with van der Waals surface area (Å²) >= 11 is 0. The number of aromatic nitrogens is 3. The van der Waals surface area contributed by atoms with Gasteiger partial charge in [-0.1, -0.05) is 12.1 Å². The predicted molar refractivity (Wildman–Crippen MR) is 70.6 cm³/mol. The average Bonchev–Trinajstić information content (AvgIpc) is 2.86. The molecule has 1 aromatic rings. The number of carbonyl (C=O) groups excluding carboxylic acids is 1. The van der Waals surface area contributed by atoms with Crippen molar-refractivity contribution in [2.75, 3.05) is 20.3 Å². The van der Waals surface area contributed by atoms with Crippen LogP contribution in [0, 0.1) is 0 Å². The molecule has 8 nitrogen and oxygen atoms in total. The highest BCUT2D eigenvalue weighted by Crippen LogP contribution is 2.13. The summed E-state index contributed by atoms with van der Waals surface area (Å²) in [6, 6.07) is -0.604. The smallest absolute Gasteiger partial charge is 0.358 e. The molecule has 0 aliphatic carbocycles. The van der Waals surface area contributed by atoms with E-state index in [1.54, 1.807) is 21.0 Å². The number of nitrogens with zero attached hydrogens (tertiary/aromatic N) is 3. The van der Waals surface area contributed by atoms with Crippen LogP contribution in [0.25, 0.3) is 0 Å². The Morgan fingerprint density at radius 1 is 1.50 bits per heavy atom. The second-order valence-electron chi connectivity index (χ2n) is 4.30. The third-order valence-corrected chi connectivity index (χ3v) is 2.90. The van der Waals surface area contributed by atoms with Crippen molar-refractivity contribution >= 4 is 11.9 Å². The molecule has 0 radical (unpaired) electrons. The monoisotopic (exact) mass is 284 g/mol. The number of carboxylic acids is 1. The minimum Gasteiger partial charge on any atom is -0.476 e. The number of ether oxygens (including phenoxy) is 1. The topological polar surface area (TPSA) is 106 Å². The zero-order valence-electron chi connectivity index (χ0n) is 11.9. The average molecular weight is 284 g/mol. The lowest BCUT2D eigenvalue weighted by molar-refractivity contribution is -0.124. The van der Waals surface area contributed by atoms with Gasteiger partial charge in [0, 0.05) is 20.3 Å². The van der Waals surface area contributed by atoms with Crippen molar-refractivity contribution in [2.45, 2.75) is 32.7 Å². The molecule has 1 unspecified atom stereocenters. The molecule has 0 saturated carbocycles. The van der Waals surface area contributed by atoms with Gasteiger partial charge in [0.1, 0.15) is 6.04 Å². The molecule has 1 amide bonds. The van der Waals surface area contributed by atoms with E-state index in [2.05, 4.69) is 15.6 Å². The second kappa shape index (κ2) is 7.59. The molecule has 0 aliphatic rings. The number of hydrogen-bond donors (Lipinski definition) is 2. The maximum Gasteiger partial charge on any atom is 0.358 e. The first-order valence-electron chi connectivity index (χ1n) is 6.46. The standard InChI is InChI=1S/C12H20N4O4/c1-4-9-10(12(18)19)14-15-16(9)8(2)11(17)13-6-5-7-20-3/h8H,4-7H2,1-3H3,(H,13,17)(H,18,19). The van der Waals surface area contributed by atoms with Gasteiger partial charge in [-0.3, -0.25) is 4.79 Å². The zero-order valence-corrected chi connectivity index (χ0v) is 11.9. The minimum atomic E-state index is -1.14. The summed E-state index contributed by atoms with van der Waals surface area (Å²) in [6.45, 7) is 4.52. The zero-order chi connectivity index (χ0) is 15.1. The summed E-state index contributed by atoms with van der Waals surface area (Å²) in [7, 11) is 1.60. The molecule has 0 aromatic carbocycles. The maximum absolute atomic E-state index is 12.0. The number of amides is 1. The molecule has 8 heteroatoms. The van der Waals surface area contributed by atoms with Crippen molar-refractivity contribution in [1.82, 2.24) is 20.3 Å². The molecular formula is C12H20N4O4. The SMILES string of the molecule is CCc1c(C(=O)O)nnn1C(C)C(=O)NCCCOC. The number of methoxy groups -OCH3 is 1. The van der Waals surface area contributed by atoms with Gasteiger partial charge in [-0.15, -0.1) is 5.10 Å². The molecule has 0 fully saturated rings. The van der Waals surface area contributed by atoms with E-state index in [-0.39, 0.29) is 11.6 Å². The molecule has 0 spiro atoms. The van der Waals surface area contributed by atoms with Gasteiger partial charge >= 0.3 is 5.97 Å². The second-order valence-corrected chi connectivity index (χ2v) is 4.30. The molecule has 112 valence electrons. The fourth-order valence-corrected chi connectivity index (χ4v) is 1.81. The lowest BCUT2D eigenvalue weighted by Crippen LogP contribution is -2.33. The molecule has 1 aromatic heterocycles. The quantitative estimate of drug-likeness (QED) is 0.663. The Labute approximate surface area is 117 Å². The highest BCUT2D eigenvalue weighted by Gasteiger charge is 2.23. The first kappa shape index (κ1) is 16.1. The third-order valence-electron chi connectivity index (χ3n) is 2.90. The van der Waals surface area contributed by atoms with Crippen molar-refractivity contribution in [1.29, 1.82) is 0 Å². The van der Waals surface area contributed by atoms with Gasteiger partial charge < -0.3 is 15.2 Å². The summed E-state index contributed by atoms with van der Waals surface area (Å²) in [6.07, 6.45) is 1.16. The van der Waals surface area contributed by atoms with E-state index in [1.165, 1.54) is 4.68 Å². The number of aromatic carboxylic acids is 1. The number of hydrogen-bond acceptors (Lipinski definition) is 5. The van der Waals surface area contributed by atoms with Crippen LogP contribution < -0.4 is 5.32 Å². The highest BCUT2D eigenvalue weighted by molar-refractivity contribution is 5.87. The van der Waals surface area contributed by atoms with E-state index >= 15 is 0 Å². The molecule has 20 heavy (non-hydrogen) atoms. The number of carboxylic acid groups (broad SMARTS) is 1. The Balaban J connectivity index is 2.73. The summed E-state index contributed by atoms with van der Waals surface area (Å²) in [5, 5.41) is 19.1. The Hall–Kier alpha value is -1.96. The maximum atomic E-state index is 12.0. The van der Waals surface area contributed by atoms with Crippen LogP contribution in [0.3, 0.4) is 0 Å². The summed E-state index contributed by atoms with van der Waals surface area (Å²) in [5.74, 6) is -1.36. The Bertz CT molecular complexity index is 472. The van der Waals surface area contributed by atoms with Crippen molar-refractivity contribution in [2.24, 2.45) is 0 Å². The first-order chi connectivity index (χ1) is 9.52. The largest absolute Gasteiger partial charge is 0.476 e. The highest BCUT2D eigenvalue weighted by atomic mass is 16.5. The molecule has 1 atom stereocenters. The van der Waals surface area contributed by atoms with Gasteiger partial charge in [0.25, 0.3) is 0 Å².